The Labute approximate surface area is 73.4 Å². The van der Waals surface area contributed by atoms with Crippen molar-refractivity contribution in [2.75, 3.05) is 19.6 Å². The Bertz CT molecular complexity index is 189. The second-order valence-electron chi connectivity index (χ2n) is 3.11. The van der Waals surface area contributed by atoms with Crippen molar-refractivity contribution in [3.63, 3.8) is 0 Å². The van der Waals surface area contributed by atoms with E-state index in [0.717, 1.165) is 31.5 Å². The van der Waals surface area contributed by atoms with Gasteiger partial charge in [0.2, 0.25) is 0 Å². The molecule has 0 spiro atoms. The van der Waals surface area contributed by atoms with Crippen LogP contribution in [-0.2, 0) is 0 Å². The molecule has 0 aromatic heterocycles. The topological polar surface area (TPSA) is 32.3 Å². The lowest BCUT2D eigenvalue weighted by molar-refractivity contribution is 0.197. The molecule has 1 saturated heterocycles. The predicted molar refractivity (Wildman–Crippen MR) is 49.0 cm³/mol. The molecule has 0 radical (unpaired) electrons. The summed E-state index contributed by atoms with van der Waals surface area (Å²) in [6.45, 7) is 8.10. The van der Waals surface area contributed by atoms with E-state index >= 15 is 0 Å². The average Bonchev–Trinajstić information content (AvgIpc) is 2.05. The first-order valence-electron chi connectivity index (χ1n) is 4.43. The van der Waals surface area contributed by atoms with Crippen LogP contribution in [0.5, 0.6) is 0 Å². The van der Waals surface area contributed by atoms with Crippen molar-refractivity contribution >= 4 is 6.03 Å². The van der Waals surface area contributed by atoms with Gasteiger partial charge in [-0.3, -0.25) is 0 Å². The third-order valence-corrected chi connectivity index (χ3v) is 1.99. The van der Waals surface area contributed by atoms with Gasteiger partial charge in [0, 0.05) is 19.6 Å². The Morgan fingerprint density at radius 1 is 1.75 bits per heavy atom. The van der Waals surface area contributed by atoms with Crippen LogP contribution < -0.4 is 5.32 Å². The van der Waals surface area contributed by atoms with Gasteiger partial charge in [-0.15, -0.1) is 0 Å². The first kappa shape index (κ1) is 9.10. The molecule has 1 aliphatic heterocycles. The van der Waals surface area contributed by atoms with E-state index in [4.69, 9.17) is 0 Å². The lowest BCUT2D eigenvalue weighted by atomic mass is 10.1. The number of hydrogen-bond donors (Lipinski definition) is 1. The van der Waals surface area contributed by atoms with Crippen molar-refractivity contribution in [1.29, 1.82) is 0 Å². The molecule has 0 atom stereocenters. The zero-order chi connectivity index (χ0) is 8.97. The summed E-state index contributed by atoms with van der Waals surface area (Å²) in [6.07, 6.45) is 2.12. The Morgan fingerprint density at radius 2 is 2.50 bits per heavy atom. The summed E-state index contributed by atoms with van der Waals surface area (Å²) in [6, 6.07) is 0.0401. The van der Waals surface area contributed by atoms with E-state index in [0.29, 0.717) is 6.54 Å². The fourth-order valence-electron chi connectivity index (χ4n) is 1.38. The van der Waals surface area contributed by atoms with Crippen molar-refractivity contribution < 1.29 is 4.79 Å². The van der Waals surface area contributed by atoms with Crippen molar-refractivity contribution in [3.8, 4) is 0 Å². The summed E-state index contributed by atoms with van der Waals surface area (Å²) in [7, 11) is 0. The van der Waals surface area contributed by atoms with Crippen LogP contribution in [0, 0.1) is 0 Å². The number of carbonyl (C=O) groups is 1. The minimum Gasteiger partial charge on any atom is -0.338 e. The highest BCUT2D eigenvalue weighted by Gasteiger charge is 2.16. The van der Waals surface area contributed by atoms with Gasteiger partial charge in [-0.05, 0) is 19.8 Å². The normalized spacial score (nSPS) is 17.8. The number of piperidine rings is 1. The standard InChI is InChI=1S/C9H16N2O/c1-3-10-9(12)11-6-4-5-8(2)7-11/h2-7H2,1H3,(H,10,12). The van der Waals surface area contributed by atoms with Gasteiger partial charge in [0.05, 0.1) is 0 Å². The summed E-state index contributed by atoms with van der Waals surface area (Å²) in [4.78, 5) is 13.1. The van der Waals surface area contributed by atoms with E-state index in [1.54, 1.807) is 0 Å². The molecule has 0 aromatic rings. The molecular weight excluding hydrogens is 152 g/mol. The molecule has 3 heteroatoms. The van der Waals surface area contributed by atoms with Gasteiger partial charge < -0.3 is 10.2 Å². The third-order valence-electron chi connectivity index (χ3n) is 1.99. The van der Waals surface area contributed by atoms with Gasteiger partial charge >= 0.3 is 6.03 Å². The molecule has 2 amide bonds. The van der Waals surface area contributed by atoms with E-state index in [2.05, 4.69) is 11.9 Å². The van der Waals surface area contributed by atoms with Crippen molar-refractivity contribution in [2.24, 2.45) is 0 Å². The summed E-state index contributed by atoms with van der Waals surface area (Å²) in [5.74, 6) is 0. The van der Waals surface area contributed by atoms with Gasteiger partial charge in [0.25, 0.3) is 0 Å². The maximum Gasteiger partial charge on any atom is 0.317 e. The van der Waals surface area contributed by atoms with E-state index in [1.807, 2.05) is 11.8 Å². The van der Waals surface area contributed by atoms with Crippen molar-refractivity contribution in [3.05, 3.63) is 12.2 Å². The van der Waals surface area contributed by atoms with Crippen LogP contribution in [0.2, 0.25) is 0 Å². The second-order valence-corrected chi connectivity index (χ2v) is 3.11. The fourth-order valence-corrected chi connectivity index (χ4v) is 1.38. The largest absolute Gasteiger partial charge is 0.338 e. The quantitative estimate of drug-likeness (QED) is 0.589. The lowest BCUT2D eigenvalue weighted by Crippen LogP contribution is -2.43. The number of likely N-dealkylation sites (tertiary alicyclic amines) is 1. The fraction of sp³-hybridized carbons (Fsp3) is 0.667. The molecule has 68 valence electrons. The molecule has 1 aliphatic rings. The highest BCUT2D eigenvalue weighted by Crippen LogP contribution is 2.12. The summed E-state index contributed by atoms with van der Waals surface area (Å²) < 4.78 is 0. The molecule has 1 heterocycles. The second kappa shape index (κ2) is 4.14. The van der Waals surface area contributed by atoms with Crippen LogP contribution in [0.1, 0.15) is 19.8 Å². The van der Waals surface area contributed by atoms with Crippen molar-refractivity contribution in [1.82, 2.24) is 10.2 Å². The molecule has 1 N–H and O–H groups in total. The molecule has 1 fully saturated rings. The van der Waals surface area contributed by atoms with Crippen LogP contribution in [0.4, 0.5) is 4.79 Å². The number of urea groups is 1. The Kier molecular flexibility index (Phi) is 3.14. The SMILES string of the molecule is C=C1CCCN(C(=O)NCC)C1. The zero-order valence-corrected chi connectivity index (χ0v) is 7.60. The van der Waals surface area contributed by atoms with Gasteiger partial charge in [-0.1, -0.05) is 12.2 Å². The molecule has 0 saturated carbocycles. The van der Waals surface area contributed by atoms with Gasteiger partial charge in [0.15, 0.2) is 0 Å². The number of nitrogens with one attached hydrogen (secondary N) is 1. The molecule has 1 rings (SSSR count). The van der Waals surface area contributed by atoms with Crippen LogP contribution in [-0.4, -0.2) is 30.6 Å². The Hall–Kier alpha value is -0.990. The monoisotopic (exact) mass is 168 g/mol. The lowest BCUT2D eigenvalue weighted by Gasteiger charge is -2.28. The maximum atomic E-state index is 11.3. The molecule has 0 unspecified atom stereocenters. The molecular formula is C9H16N2O. The molecule has 0 aliphatic carbocycles. The maximum absolute atomic E-state index is 11.3. The predicted octanol–water partition coefficient (Wildman–Crippen LogP) is 1.37. The van der Waals surface area contributed by atoms with Gasteiger partial charge in [-0.25, -0.2) is 4.79 Å². The number of nitrogens with zero attached hydrogens (tertiary/aromatic N) is 1. The average molecular weight is 168 g/mol. The summed E-state index contributed by atoms with van der Waals surface area (Å²) >= 11 is 0. The van der Waals surface area contributed by atoms with Crippen LogP contribution in [0.15, 0.2) is 12.2 Å². The molecule has 12 heavy (non-hydrogen) atoms. The van der Waals surface area contributed by atoms with Gasteiger partial charge in [-0.2, -0.15) is 0 Å². The van der Waals surface area contributed by atoms with E-state index < -0.39 is 0 Å². The smallest absolute Gasteiger partial charge is 0.317 e. The Morgan fingerprint density at radius 3 is 3.08 bits per heavy atom. The summed E-state index contributed by atoms with van der Waals surface area (Å²) in [5, 5.41) is 2.78. The van der Waals surface area contributed by atoms with E-state index in [1.165, 1.54) is 0 Å². The molecule has 0 aromatic carbocycles. The number of carbonyl (C=O) groups excluding carboxylic acids is 1. The zero-order valence-electron chi connectivity index (χ0n) is 7.60. The minimum atomic E-state index is 0.0401. The van der Waals surface area contributed by atoms with Crippen molar-refractivity contribution in [2.45, 2.75) is 19.8 Å². The first-order valence-corrected chi connectivity index (χ1v) is 4.43. The first-order chi connectivity index (χ1) is 5.74. The van der Waals surface area contributed by atoms with Crippen LogP contribution in [0.3, 0.4) is 0 Å². The third kappa shape index (κ3) is 2.26. The van der Waals surface area contributed by atoms with Crippen LogP contribution in [0.25, 0.3) is 0 Å². The van der Waals surface area contributed by atoms with E-state index in [-0.39, 0.29) is 6.03 Å². The minimum absolute atomic E-state index is 0.0401. The van der Waals surface area contributed by atoms with Gasteiger partial charge in [0.1, 0.15) is 0 Å². The number of hydrogen-bond acceptors (Lipinski definition) is 1. The number of amides is 2. The highest BCUT2D eigenvalue weighted by molar-refractivity contribution is 5.74. The highest BCUT2D eigenvalue weighted by atomic mass is 16.2. The molecule has 3 nitrogen and oxygen atoms in total. The summed E-state index contributed by atoms with van der Waals surface area (Å²) in [5.41, 5.74) is 1.16. The Balaban J connectivity index is 2.40. The van der Waals surface area contributed by atoms with Crippen LogP contribution >= 0.6 is 0 Å². The van der Waals surface area contributed by atoms with E-state index in [9.17, 15) is 4.79 Å². The number of rotatable bonds is 1. The molecule has 0 bridgehead atoms.